The van der Waals surface area contributed by atoms with Crippen molar-refractivity contribution in [2.24, 2.45) is 11.3 Å². The molecule has 278 valence electrons. The van der Waals surface area contributed by atoms with Crippen molar-refractivity contribution >= 4 is 23.5 Å². The highest BCUT2D eigenvalue weighted by Gasteiger charge is 2.42. The summed E-state index contributed by atoms with van der Waals surface area (Å²) < 4.78 is 75.0. The molecule has 0 unspecified atom stereocenters. The van der Waals surface area contributed by atoms with Crippen LogP contribution in [0.3, 0.4) is 0 Å². The molecule has 16 heteroatoms. The van der Waals surface area contributed by atoms with Crippen molar-refractivity contribution in [3.63, 3.8) is 0 Å². The van der Waals surface area contributed by atoms with Crippen molar-refractivity contribution in [3.8, 4) is 5.75 Å². The second-order valence-electron chi connectivity index (χ2n) is 12.8. The van der Waals surface area contributed by atoms with Crippen LogP contribution in [0.1, 0.15) is 49.0 Å². The Kier molecular flexibility index (Phi) is 14.3. The number of para-hydroxylation sites is 1. The molecule has 3 fully saturated rings. The topological polar surface area (TPSA) is 120 Å². The van der Waals surface area contributed by atoms with Gasteiger partial charge in [-0.25, -0.2) is 9.59 Å². The van der Waals surface area contributed by atoms with E-state index in [0.717, 1.165) is 89.8 Å². The van der Waals surface area contributed by atoms with E-state index in [1.807, 2.05) is 12.1 Å². The minimum absolute atomic E-state index is 0.171. The fraction of sp³-hybridized carbons (Fsp3) is 0.559. The monoisotopic (exact) mass is 719 g/mol. The normalized spacial score (nSPS) is 17.8. The van der Waals surface area contributed by atoms with Crippen LogP contribution in [0, 0.1) is 11.3 Å². The molecule has 0 saturated carbocycles. The molecular weight excluding hydrogens is 676 g/mol. The first-order valence-corrected chi connectivity index (χ1v) is 16.2. The molecule has 2 N–H and O–H groups in total. The van der Waals surface area contributed by atoms with Gasteiger partial charge in [-0.05, 0) is 67.5 Å². The molecule has 0 aromatic heterocycles. The lowest BCUT2D eigenvalue weighted by Crippen LogP contribution is -2.44. The standard InChI is InChI=1S/C30H41N3O3.2C2HF3O2/c1-24(2)22-36-28-6-4-3-5-26(28)21-31-14-11-30(23-31)12-15-33(16-13-30)29(34)25-7-9-27(10-8-25)32-17-19-35-20-18-32;2*3-2(4,5)1(6)7/h3-10,24H,11-23H2,1-2H3;2*(H,6,7). The van der Waals surface area contributed by atoms with E-state index in [2.05, 4.69) is 64.9 Å². The Balaban J connectivity index is 0.000000408. The van der Waals surface area contributed by atoms with Gasteiger partial charge >= 0.3 is 24.3 Å². The number of anilines is 1. The summed E-state index contributed by atoms with van der Waals surface area (Å²) in [5, 5.41) is 14.2. The van der Waals surface area contributed by atoms with E-state index in [1.165, 1.54) is 17.7 Å². The Morgan fingerprint density at radius 2 is 1.34 bits per heavy atom. The number of morpholine rings is 1. The molecular formula is C34H43F6N3O7. The average Bonchev–Trinajstić information content (AvgIpc) is 3.45. The second-order valence-corrected chi connectivity index (χ2v) is 12.8. The number of benzene rings is 2. The first-order valence-electron chi connectivity index (χ1n) is 16.2. The van der Waals surface area contributed by atoms with Crippen LogP contribution in [0.25, 0.3) is 0 Å². The molecule has 10 nitrogen and oxygen atoms in total. The molecule has 0 atom stereocenters. The molecule has 3 heterocycles. The predicted octanol–water partition coefficient (Wildman–Crippen LogP) is 5.95. The molecule has 5 rings (SSSR count). The molecule has 3 aliphatic heterocycles. The van der Waals surface area contributed by atoms with Gasteiger partial charge in [0.1, 0.15) is 5.75 Å². The van der Waals surface area contributed by atoms with Crippen molar-refractivity contribution in [1.82, 2.24) is 9.80 Å². The van der Waals surface area contributed by atoms with E-state index in [1.54, 1.807) is 0 Å². The third-order valence-corrected chi connectivity index (χ3v) is 8.54. The highest BCUT2D eigenvalue weighted by molar-refractivity contribution is 5.94. The number of carboxylic acids is 2. The van der Waals surface area contributed by atoms with Crippen molar-refractivity contribution in [3.05, 3.63) is 59.7 Å². The molecule has 50 heavy (non-hydrogen) atoms. The van der Waals surface area contributed by atoms with Crippen LogP contribution in [-0.2, 0) is 20.9 Å². The Hall–Kier alpha value is -4.05. The van der Waals surface area contributed by atoms with E-state index in [9.17, 15) is 31.1 Å². The number of ether oxygens (including phenoxy) is 2. The zero-order valence-electron chi connectivity index (χ0n) is 27.9. The summed E-state index contributed by atoms with van der Waals surface area (Å²) in [7, 11) is 0. The molecule has 0 bridgehead atoms. The van der Waals surface area contributed by atoms with Crippen LogP contribution in [0.4, 0.5) is 32.0 Å². The zero-order valence-corrected chi connectivity index (χ0v) is 27.9. The smallest absolute Gasteiger partial charge is 0.490 e. The number of amides is 1. The van der Waals surface area contributed by atoms with Crippen molar-refractivity contribution in [2.75, 3.05) is 64.0 Å². The maximum Gasteiger partial charge on any atom is 0.490 e. The molecule has 3 saturated heterocycles. The third-order valence-electron chi connectivity index (χ3n) is 8.54. The lowest BCUT2D eigenvalue weighted by atomic mass is 9.77. The molecule has 1 spiro atoms. The van der Waals surface area contributed by atoms with Crippen LogP contribution in [0.2, 0.25) is 0 Å². The van der Waals surface area contributed by atoms with Gasteiger partial charge in [0.05, 0.1) is 19.8 Å². The molecule has 1 amide bonds. The number of halogens is 6. The zero-order chi connectivity index (χ0) is 37.1. The first kappa shape index (κ1) is 40.4. The number of carbonyl (C=O) groups excluding carboxylic acids is 1. The molecule has 0 radical (unpaired) electrons. The predicted molar refractivity (Wildman–Crippen MR) is 171 cm³/mol. The van der Waals surface area contributed by atoms with Gasteiger partial charge in [0.25, 0.3) is 5.91 Å². The fourth-order valence-electron chi connectivity index (χ4n) is 5.85. The number of hydrogen-bond donors (Lipinski definition) is 2. The van der Waals surface area contributed by atoms with Crippen molar-refractivity contribution in [2.45, 2.75) is 52.0 Å². The largest absolute Gasteiger partial charge is 0.493 e. The van der Waals surface area contributed by atoms with E-state index < -0.39 is 24.3 Å². The number of aliphatic carboxylic acids is 2. The number of nitrogens with zero attached hydrogens (tertiary/aromatic N) is 3. The van der Waals surface area contributed by atoms with Gasteiger partial charge in [0.2, 0.25) is 0 Å². The summed E-state index contributed by atoms with van der Waals surface area (Å²) >= 11 is 0. The molecule has 3 aliphatic rings. The minimum atomic E-state index is -5.08. The number of rotatable bonds is 7. The SMILES string of the molecule is CC(C)COc1ccccc1CN1CCC2(CCN(C(=O)c3ccc(N4CCOCC4)cc3)CC2)C1.O=C(O)C(F)(F)F.O=C(O)C(F)(F)F. The summed E-state index contributed by atoms with van der Waals surface area (Å²) in [6.07, 6.45) is -6.77. The first-order chi connectivity index (χ1) is 23.4. The number of piperidine rings is 1. The second kappa shape index (κ2) is 17.7. The number of likely N-dealkylation sites (tertiary alicyclic amines) is 2. The number of alkyl halides is 6. The van der Waals surface area contributed by atoms with Crippen LogP contribution in [0.15, 0.2) is 48.5 Å². The molecule has 2 aromatic rings. The van der Waals surface area contributed by atoms with Gasteiger partial charge in [-0.2, -0.15) is 26.3 Å². The Morgan fingerprint density at radius 3 is 1.86 bits per heavy atom. The number of carbonyl (C=O) groups is 3. The van der Waals surface area contributed by atoms with Crippen LogP contribution in [0.5, 0.6) is 5.75 Å². The average molecular weight is 720 g/mol. The lowest BCUT2D eigenvalue weighted by Gasteiger charge is -2.39. The quantitative estimate of drug-likeness (QED) is 0.335. The minimum Gasteiger partial charge on any atom is -0.493 e. The van der Waals surface area contributed by atoms with E-state index in [4.69, 9.17) is 29.3 Å². The fourth-order valence-corrected chi connectivity index (χ4v) is 5.85. The van der Waals surface area contributed by atoms with E-state index in [0.29, 0.717) is 11.3 Å². The Morgan fingerprint density at radius 1 is 0.820 bits per heavy atom. The summed E-state index contributed by atoms with van der Waals surface area (Å²) in [6.45, 7) is 13.4. The molecule has 2 aromatic carbocycles. The van der Waals surface area contributed by atoms with Gasteiger partial charge in [0.15, 0.2) is 0 Å². The van der Waals surface area contributed by atoms with Gasteiger partial charge in [-0.3, -0.25) is 9.69 Å². The van der Waals surface area contributed by atoms with E-state index >= 15 is 0 Å². The summed E-state index contributed by atoms with van der Waals surface area (Å²) in [5.41, 5.74) is 3.59. The van der Waals surface area contributed by atoms with Gasteiger partial charge in [-0.15, -0.1) is 0 Å². The number of hydrogen-bond acceptors (Lipinski definition) is 7. The van der Waals surface area contributed by atoms with Crippen LogP contribution in [-0.4, -0.2) is 109 Å². The Bertz CT molecular complexity index is 1380. The highest BCUT2D eigenvalue weighted by Crippen LogP contribution is 2.41. The summed E-state index contributed by atoms with van der Waals surface area (Å²) in [4.78, 5) is 38.0. The van der Waals surface area contributed by atoms with Gasteiger partial charge < -0.3 is 29.5 Å². The Labute approximate surface area is 286 Å². The molecule has 0 aliphatic carbocycles. The van der Waals surface area contributed by atoms with E-state index in [-0.39, 0.29) is 5.91 Å². The summed E-state index contributed by atoms with van der Waals surface area (Å²) in [5.74, 6) is -3.81. The number of carboxylic acid groups (broad SMARTS) is 2. The third kappa shape index (κ3) is 12.4. The van der Waals surface area contributed by atoms with Crippen LogP contribution >= 0.6 is 0 Å². The maximum atomic E-state index is 13.2. The summed E-state index contributed by atoms with van der Waals surface area (Å²) in [6, 6.07) is 16.6. The van der Waals surface area contributed by atoms with Crippen molar-refractivity contribution in [1.29, 1.82) is 0 Å². The van der Waals surface area contributed by atoms with Gasteiger partial charge in [0, 0.05) is 56.1 Å². The van der Waals surface area contributed by atoms with Gasteiger partial charge in [-0.1, -0.05) is 32.0 Å². The lowest BCUT2D eigenvalue weighted by molar-refractivity contribution is -0.193. The highest BCUT2D eigenvalue weighted by atomic mass is 19.4. The van der Waals surface area contributed by atoms with Crippen LogP contribution < -0.4 is 9.64 Å². The maximum absolute atomic E-state index is 13.2. The van der Waals surface area contributed by atoms with Crippen molar-refractivity contribution < 1.29 is 60.4 Å².